The van der Waals surface area contributed by atoms with Crippen molar-refractivity contribution in [1.29, 1.82) is 0 Å². The van der Waals surface area contributed by atoms with Gasteiger partial charge >= 0.3 is 0 Å². The van der Waals surface area contributed by atoms with Crippen LogP contribution in [0.2, 0.25) is 0 Å². The fourth-order valence-corrected chi connectivity index (χ4v) is 1.24. The first-order chi connectivity index (χ1) is 5.24. The number of hydrogen-bond donors (Lipinski definition) is 1. The van der Waals surface area contributed by atoms with Crippen molar-refractivity contribution >= 4 is 5.91 Å². The summed E-state index contributed by atoms with van der Waals surface area (Å²) in [6.07, 6.45) is 6.21. The van der Waals surface area contributed by atoms with Gasteiger partial charge in [0.2, 0.25) is 5.91 Å². The molecule has 1 N–H and O–H groups in total. The van der Waals surface area contributed by atoms with Crippen LogP contribution >= 0.6 is 0 Å². The Balaban J connectivity index is 2.52. The minimum absolute atomic E-state index is 0.149. The summed E-state index contributed by atoms with van der Waals surface area (Å²) in [5.74, 6) is 0.565. The molecule has 2 unspecified atom stereocenters. The average Bonchev–Trinajstić information content (AvgIpc) is 2.26. The van der Waals surface area contributed by atoms with Crippen molar-refractivity contribution in [2.75, 3.05) is 0 Å². The van der Waals surface area contributed by atoms with Gasteiger partial charge in [0.25, 0.3) is 0 Å². The lowest BCUT2D eigenvalue weighted by molar-refractivity contribution is -0.119. The van der Waals surface area contributed by atoms with E-state index in [2.05, 4.69) is 18.8 Å². The van der Waals surface area contributed by atoms with Crippen molar-refractivity contribution in [1.82, 2.24) is 5.32 Å². The smallest absolute Gasteiger partial charge is 0.220 e. The molecule has 1 heterocycles. The van der Waals surface area contributed by atoms with E-state index in [-0.39, 0.29) is 11.9 Å². The molecule has 1 saturated heterocycles. The van der Waals surface area contributed by atoms with Crippen LogP contribution in [0.3, 0.4) is 0 Å². The maximum Gasteiger partial charge on any atom is 0.220 e. The van der Waals surface area contributed by atoms with Crippen LogP contribution in [0.25, 0.3) is 0 Å². The largest absolute Gasteiger partial charge is 0.350 e. The molecule has 1 aliphatic heterocycles. The second-order valence-corrected chi connectivity index (χ2v) is 2.90. The van der Waals surface area contributed by atoms with Gasteiger partial charge in [-0.2, -0.15) is 0 Å². The average molecular weight is 151 g/mol. The number of amides is 1. The molecular weight excluding hydrogens is 138 g/mol. The van der Waals surface area contributed by atoms with Gasteiger partial charge in [-0.3, -0.25) is 4.79 Å². The lowest BCUT2D eigenvalue weighted by Crippen LogP contribution is -2.25. The van der Waals surface area contributed by atoms with Gasteiger partial charge in [-0.25, -0.2) is 0 Å². The predicted octanol–water partition coefficient (Wildman–Crippen LogP) is 1.25. The zero-order valence-corrected chi connectivity index (χ0v) is 6.71. The molecule has 2 nitrogen and oxygen atoms in total. The summed E-state index contributed by atoms with van der Waals surface area (Å²) >= 11 is 0. The highest BCUT2D eigenvalue weighted by Crippen LogP contribution is 2.16. The summed E-state index contributed by atoms with van der Waals surface area (Å²) in [4.78, 5) is 10.9. The van der Waals surface area contributed by atoms with Gasteiger partial charge in [0, 0.05) is 6.42 Å². The Kier molecular flexibility index (Phi) is 2.47. The zero-order chi connectivity index (χ0) is 8.27. The Morgan fingerprint density at radius 3 is 2.91 bits per heavy atom. The van der Waals surface area contributed by atoms with E-state index in [0.29, 0.717) is 12.3 Å². The van der Waals surface area contributed by atoms with Crippen LogP contribution in [0, 0.1) is 5.92 Å². The molecule has 0 bridgehead atoms. The summed E-state index contributed by atoms with van der Waals surface area (Å²) < 4.78 is 0. The summed E-state index contributed by atoms with van der Waals surface area (Å²) in [7, 11) is 0. The number of carbonyl (C=O) groups excluding carboxylic acids is 1. The Labute approximate surface area is 67.0 Å². The van der Waals surface area contributed by atoms with Gasteiger partial charge in [-0.15, -0.1) is 0 Å². The number of carbonyl (C=O) groups is 1. The maximum absolute atomic E-state index is 10.9. The van der Waals surface area contributed by atoms with Gasteiger partial charge in [0.15, 0.2) is 0 Å². The van der Waals surface area contributed by atoms with Crippen LogP contribution < -0.4 is 5.32 Å². The molecule has 2 heteroatoms. The molecule has 1 amide bonds. The minimum atomic E-state index is 0.149. The quantitative estimate of drug-likeness (QED) is 0.591. The topological polar surface area (TPSA) is 29.1 Å². The van der Waals surface area contributed by atoms with E-state index < -0.39 is 0 Å². The van der Waals surface area contributed by atoms with Gasteiger partial charge in [0.1, 0.15) is 0 Å². The van der Waals surface area contributed by atoms with Crippen LogP contribution in [0.5, 0.6) is 0 Å². The Bertz CT molecular complexity index is 196. The molecule has 0 radical (unpaired) electrons. The van der Waals surface area contributed by atoms with E-state index in [0.717, 1.165) is 0 Å². The zero-order valence-electron chi connectivity index (χ0n) is 6.71. The van der Waals surface area contributed by atoms with Crippen molar-refractivity contribution in [3.8, 4) is 0 Å². The molecule has 60 valence electrons. The number of allylic oxidation sites excluding steroid dienone is 2. The minimum Gasteiger partial charge on any atom is -0.350 e. The van der Waals surface area contributed by atoms with Crippen molar-refractivity contribution in [2.45, 2.75) is 19.4 Å². The fraction of sp³-hybridized carbons (Fsp3) is 0.444. The number of nitrogens with one attached hydrogen (secondary N) is 1. The van der Waals surface area contributed by atoms with Gasteiger partial charge in [-0.1, -0.05) is 31.7 Å². The molecule has 0 aliphatic carbocycles. The Morgan fingerprint density at radius 2 is 2.45 bits per heavy atom. The van der Waals surface area contributed by atoms with Gasteiger partial charge < -0.3 is 5.32 Å². The Hall–Kier alpha value is -1.05. The first-order valence-electron chi connectivity index (χ1n) is 3.82. The maximum atomic E-state index is 10.9. The van der Waals surface area contributed by atoms with E-state index in [1.807, 2.05) is 12.2 Å². The van der Waals surface area contributed by atoms with Crippen LogP contribution in [0.4, 0.5) is 0 Å². The van der Waals surface area contributed by atoms with Crippen LogP contribution in [0.15, 0.2) is 24.8 Å². The molecule has 1 aliphatic rings. The third-order valence-electron chi connectivity index (χ3n) is 1.90. The first-order valence-corrected chi connectivity index (χ1v) is 3.82. The molecule has 0 spiro atoms. The molecule has 1 rings (SSSR count). The van der Waals surface area contributed by atoms with E-state index in [1.54, 1.807) is 6.08 Å². The highest BCUT2D eigenvalue weighted by atomic mass is 16.1. The monoisotopic (exact) mass is 151 g/mol. The van der Waals surface area contributed by atoms with E-state index in [1.165, 1.54) is 0 Å². The number of rotatable bonds is 2. The first kappa shape index (κ1) is 8.05. The summed E-state index contributed by atoms with van der Waals surface area (Å²) in [5.41, 5.74) is 0. The second-order valence-electron chi connectivity index (χ2n) is 2.90. The van der Waals surface area contributed by atoms with Crippen LogP contribution in [0.1, 0.15) is 13.3 Å². The molecular formula is C9H13NO. The SMILES string of the molecule is C=C/C=C\C1NC(=O)CC1C. The van der Waals surface area contributed by atoms with E-state index in [9.17, 15) is 4.79 Å². The van der Waals surface area contributed by atoms with Crippen molar-refractivity contribution < 1.29 is 4.79 Å². The predicted molar refractivity (Wildman–Crippen MR) is 45.0 cm³/mol. The van der Waals surface area contributed by atoms with E-state index >= 15 is 0 Å². The van der Waals surface area contributed by atoms with Crippen LogP contribution in [-0.2, 0) is 4.79 Å². The van der Waals surface area contributed by atoms with Crippen LogP contribution in [-0.4, -0.2) is 11.9 Å². The highest BCUT2D eigenvalue weighted by Gasteiger charge is 2.25. The summed E-state index contributed by atoms with van der Waals surface area (Å²) in [6, 6.07) is 0.209. The summed E-state index contributed by atoms with van der Waals surface area (Å²) in [6.45, 7) is 5.63. The van der Waals surface area contributed by atoms with Gasteiger partial charge in [0.05, 0.1) is 6.04 Å². The molecule has 1 fully saturated rings. The third kappa shape index (κ3) is 1.93. The lowest BCUT2D eigenvalue weighted by Gasteiger charge is -2.07. The van der Waals surface area contributed by atoms with Crippen molar-refractivity contribution in [2.24, 2.45) is 5.92 Å². The van der Waals surface area contributed by atoms with Crippen molar-refractivity contribution in [3.63, 3.8) is 0 Å². The molecule has 0 saturated carbocycles. The fourth-order valence-electron chi connectivity index (χ4n) is 1.24. The molecule has 2 atom stereocenters. The lowest BCUT2D eigenvalue weighted by atomic mass is 10.0. The molecule has 0 aromatic rings. The highest BCUT2D eigenvalue weighted by molar-refractivity contribution is 5.79. The van der Waals surface area contributed by atoms with E-state index in [4.69, 9.17) is 0 Å². The number of hydrogen-bond acceptors (Lipinski definition) is 1. The van der Waals surface area contributed by atoms with Crippen molar-refractivity contribution in [3.05, 3.63) is 24.8 Å². The third-order valence-corrected chi connectivity index (χ3v) is 1.90. The standard InChI is InChI=1S/C9H13NO/c1-3-4-5-8-7(2)6-9(11)10-8/h3-5,7-8H,1,6H2,2H3,(H,10,11)/b5-4-. The van der Waals surface area contributed by atoms with Gasteiger partial charge in [-0.05, 0) is 5.92 Å². The second kappa shape index (κ2) is 3.37. The molecule has 0 aromatic carbocycles. The molecule has 11 heavy (non-hydrogen) atoms. The normalized spacial score (nSPS) is 30.8. The summed E-state index contributed by atoms with van der Waals surface area (Å²) in [5, 5.41) is 2.86. The molecule has 0 aromatic heterocycles. The Morgan fingerprint density at radius 1 is 1.73 bits per heavy atom.